The van der Waals surface area contributed by atoms with Crippen LogP contribution < -0.4 is 10.6 Å². The Balaban J connectivity index is 1.45. The van der Waals surface area contributed by atoms with Gasteiger partial charge in [-0.15, -0.1) is 0 Å². The molecule has 0 atom stereocenters. The lowest BCUT2D eigenvalue weighted by Gasteiger charge is -2.17. The van der Waals surface area contributed by atoms with Gasteiger partial charge >= 0.3 is 0 Å². The Morgan fingerprint density at radius 1 is 1.17 bits per heavy atom. The number of oxazole rings is 1. The second-order valence-corrected chi connectivity index (χ2v) is 7.18. The zero-order valence-electron chi connectivity index (χ0n) is 16.6. The van der Waals surface area contributed by atoms with Crippen LogP contribution in [-0.4, -0.2) is 32.0 Å². The van der Waals surface area contributed by atoms with Gasteiger partial charge in [-0.2, -0.15) is 0 Å². The Labute approximate surface area is 173 Å². The fourth-order valence-corrected chi connectivity index (χ4v) is 3.97. The smallest absolute Gasteiger partial charge is 0.268 e. The first-order chi connectivity index (χ1) is 14.6. The maximum absolute atomic E-state index is 12.3. The van der Waals surface area contributed by atoms with Crippen molar-refractivity contribution in [2.24, 2.45) is 0 Å². The number of rotatable bonds is 4. The predicted octanol–water partition coefficient (Wildman–Crippen LogP) is 3.70. The highest BCUT2D eigenvalue weighted by Gasteiger charge is 2.26. The lowest BCUT2D eigenvalue weighted by molar-refractivity contribution is 0.0926. The topological polar surface area (TPSA) is 97.9 Å². The van der Waals surface area contributed by atoms with Crippen LogP contribution in [0.2, 0.25) is 0 Å². The minimum absolute atomic E-state index is 0.0349. The van der Waals surface area contributed by atoms with Gasteiger partial charge in [-0.1, -0.05) is 0 Å². The summed E-state index contributed by atoms with van der Waals surface area (Å²) in [6, 6.07) is 9.64. The standard InChI is InChI=1S/C22H20N6O2/c1-13-19(14(2)28-10-9-24-21(29)20(13)28)17-7-8-25-22(27-17)26-16-5-3-15(4-6-16)18-11-23-12-30-18/h3-8,11-12H,9-10H2,1-2H3,(H,24,29)(H,25,26,27). The SMILES string of the molecule is Cc1c(-c2ccnc(Nc3ccc(-c4cnco4)cc3)n2)c(C)n2c1C(=O)NCC2. The molecule has 0 unspecified atom stereocenters. The molecule has 0 bridgehead atoms. The first-order valence-corrected chi connectivity index (χ1v) is 9.69. The number of hydrogen-bond acceptors (Lipinski definition) is 6. The minimum atomic E-state index is -0.0349. The van der Waals surface area contributed by atoms with Gasteiger partial charge in [0, 0.05) is 41.8 Å². The molecule has 0 saturated heterocycles. The van der Waals surface area contributed by atoms with Gasteiger partial charge in [-0.25, -0.2) is 15.0 Å². The summed E-state index contributed by atoms with van der Waals surface area (Å²) in [4.78, 5) is 25.3. The average molecular weight is 400 g/mol. The van der Waals surface area contributed by atoms with Gasteiger partial charge in [0.15, 0.2) is 12.2 Å². The minimum Gasteiger partial charge on any atom is -0.444 e. The molecule has 150 valence electrons. The van der Waals surface area contributed by atoms with E-state index in [1.165, 1.54) is 6.39 Å². The molecule has 3 aromatic heterocycles. The van der Waals surface area contributed by atoms with Crippen LogP contribution in [0.3, 0.4) is 0 Å². The van der Waals surface area contributed by atoms with E-state index in [1.807, 2.05) is 44.2 Å². The normalized spacial score (nSPS) is 13.1. The van der Waals surface area contributed by atoms with Crippen molar-refractivity contribution in [3.8, 4) is 22.6 Å². The van der Waals surface area contributed by atoms with Gasteiger partial charge in [0.1, 0.15) is 5.69 Å². The molecule has 1 amide bonds. The van der Waals surface area contributed by atoms with Gasteiger partial charge in [0.2, 0.25) is 5.95 Å². The van der Waals surface area contributed by atoms with E-state index in [0.29, 0.717) is 23.9 Å². The highest BCUT2D eigenvalue weighted by atomic mass is 16.3. The van der Waals surface area contributed by atoms with Crippen molar-refractivity contribution in [3.63, 3.8) is 0 Å². The highest BCUT2D eigenvalue weighted by Crippen LogP contribution is 2.32. The Morgan fingerprint density at radius 3 is 2.73 bits per heavy atom. The van der Waals surface area contributed by atoms with Gasteiger partial charge in [-0.3, -0.25) is 4.79 Å². The molecule has 5 rings (SSSR count). The summed E-state index contributed by atoms with van der Waals surface area (Å²) in [7, 11) is 0. The third kappa shape index (κ3) is 3.02. The maximum atomic E-state index is 12.3. The average Bonchev–Trinajstić information content (AvgIpc) is 3.37. The molecular formula is C22H20N6O2. The number of nitrogens with zero attached hydrogens (tertiary/aromatic N) is 4. The molecule has 8 heteroatoms. The molecule has 1 aliphatic heterocycles. The molecule has 0 spiro atoms. The largest absolute Gasteiger partial charge is 0.444 e. The number of aromatic nitrogens is 4. The molecule has 0 saturated carbocycles. The second kappa shape index (κ2) is 7.14. The number of fused-ring (bicyclic) bond motifs is 1. The van der Waals surface area contributed by atoms with Crippen molar-refractivity contribution in [2.45, 2.75) is 20.4 Å². The van der Waals surface area contributed by atoms with Crippen molar-refractivity contribution in [2.75, 3.05) is 11.9 Å². The van der Waals surface area contributed by atoms with Gasteiger partial charge in [-0.05, 0) is 49.7 Å². The molecule has 2 N–H and O–H groups in total. The van der Waals surface area contributed by atoms with Gasteiger partial charge in [0.25, 0.3) is 5.91 Å². The fourth-order valence-electron chi connectivity index (χ4n) is 3.97. The van der Waals surface area contributed by atoms with E-state index < -0.39 is 0 Å². The van der Waals surface area contributed by atoms with Crippen LogP contribution in [-0.2, 0) is 6.54 Å². The monoisotopic (exact) mass is 400 g/mol. The van der Waals surface area contributed by atoms with Crippen molar-refractivity contribution >= 4 is 17.5 Å². The third-order valence-electron chi connectivity index (χ3n) is 5.37. The van der Waals surface area contributed by atoms with Crippen molar-refractivity contribution < 1.29 is 9.21 Å². The third-order valence-corrected chi connectivity index (χ3v) is 5.37. The first-order valence-electron chi connectivity index (χ1n) is 9.69. The van der Waals surface area contributed by atoms with Crippen LogP contribution in [0.25, 0.3) is 22.6 Å². The Morgan fingerprint density at radius 2 is 2.00 bits per heavy atom. The van der Waals surface area contributed by atoms with Gasteiger partial charge < -0.3 is 19.6 Å². The molecule has 4 aromatic rings. The number of amides is 1. The number of nitrogens with one attached hydrogen (secondary N) is 2. The van der Waals surface area contributed by atoms with E-state index in [9.17, 15) is 4.79 Å². The second-order valence-electron chi connectivity index (χ2n) is 7.18. The van der Waals surface area contributed by atoms with Crippen LogP contribution in [0.1, 0.15) is 21.7 Å². The number of hydrogen-bond donors (Lipinski definition) is 2. The van der Waals surface area contributed by atoms with Crippen molar-refractivity contribution in [1.29, 1.82) is 0 Å². The summed E-state index contributed by atoms with van der Waals surface area (Å²) in [5, 5.41) is 6.16. The zero-order chi connectivity index (χ0) is 20.7. The predicted molar refractivity (Wildman–Crippen MR) is 112 cm³/mol. The molecule has 4 heterocycles. The van der Waals surface area contributed by atoms with Crippen LogP contribution in [0.5, 0.6) is 0 Å². The number of anilines is 2. The first kappa shape index (κ1) is 18.1. The highest BCUT2D eigenvalue weighted by molar-refractivity contribution is 5.97. The molecule has 1 aromatic carbocycles. The molecule has 0 aliphatic carbocycles. The molecule has 0 fully saturated rings. The number of carbonyl (C=O) groups excluding carboxylic acids is 1. The summed E-state index contributed by atoms with van der Waals surface area (Å²) in [6.07, 6.45) is 4.81. The Bertz CT molecular complexity index is 1230. The van der Waals surface area contributed by atoms with Crippen LogP contribution >= 0.6 is 0 Å². The number of carbonyl (C=O) groups is 1. The quantitative estimate of drug-likeness (QED) is 0.542. The Hall–Kier alpha value is -3.94. The van der Waals surface area contributed by atoms with E-state index in [-0.39, 0.29) is 5.91 Å². The molecule has 1 aliphatic rings. The van der Waals surface area contributed by atoms with Crippen molar-refractivity contribution in [3.05, 3.63) is 66.1 Å². The zero-order valence-corrected chi connectivity index (χ0v) is 16.6. The van der Waals surface area contributed by atoms with Gasteiger partial charge in [0.05, 0.1) is 11.9 Å². The molecule has 8 nitrogen and oxygen atoms in total. The maximum Gasteiger partial charge on any atom is 0.268 e. The lowest BCUT2D eigenvalue weighted by atomic mass is 10.1. The van der Waals surface area contributed by atoms with E-state index in [4.69, 9.17) is 9.40 Å². The van der Waals surface area contributed by atoms with Crippen LogP contribution in [0.4, 0.5) is 11.6 Å². The van der Waals surface area contributed by atoms with Crippen LogP contribution in [0, 0.1) is 13.8 Å². The summed E-state index contributed by atoms with van der Waals surface area (Å²) in [5.74, 6) is 1.17. The van der Waals surface area contributed by atoms with E-state index in [1.54, 1.807) is 12.4 Å². The summed E-state index contributed by atoms with van der Waals surface area (Å²) < 4.78 is 7.39. The summed E-state index contributed by atoms with van der Waals surface area (Å²) in [5.41, 5.74) is 6.26. The lowest BCUT2D eigenvalue weighted by Crippen LogP contribution is -2.35. The van der Waals surface area contributed by atoms with E-state index in [0.717, 1.165) is 40.3 Å². The van der Waals surface area contributed by atoms with E-state index in [2.05, 4.69) is 25.2 Å². The molecular weight excluding hydrogens is 380 g/mol. The Kier molecular flexibility index (Phi) is 4.31. The van der Waals surface area contributed by atoms with Crippen LogP contribution in [0.15, 0.2) is 53.5 Å². The molecule has 0 radical (unpaired) electrons. The number of benzene rings is 1. The van der Waals surface area contributed by atoms with E-state index >= 15 is 0 Å². The fraction of sp³-hybridized carbons (Fsp3) is 0.182. The summed E-state index contributed by atoms with van der Waals surface area (Å²) in [6.45, 7) is 5.40. The molecule has 30 heavy (non-hydrogen) atoms. The summed E-state index contributed by atoms with van der Waals surface area (Å²) >= 11 is 0. The van der Waals surface area contributed by atoms with Crippen molar-refractivity contribution in [1.82, 2.24) is 24.8 Å².